The lowest BCUT2D eigenvalue weighted by atomic mass is 10.0. The first kappa shape index (κ1) is 20.0. The minimum atomic E-state index is -0.521. The number of piperazine rings is 1. The monoisotopic (exact) mass is 388 g/mol. The van der Waals surface area contributed by atoms with Crippen molar-refractivity contribution >= 4 is 23.5 Å². The second kappa shape index (κ2) is 8.50. The molecule has 1 unspecified atom stereocenters. The van der Waals surface area contributed by atoms with Gasteiger partial charge in [0.05, 0.1) is 7.11 Å². The standard InChI is InChI=1S/C20H28N4O4/c1-14(2)12-17-19(26)24(20(27)21-17)13-18(25)23-10-8-22(9-11-23)15-4-6-16(28-3)7-5-15/h4-7,14,17H,8-13H2,1-3H3,(H,21,27). The number of benzene rings is 1. The fraction of sp³-hybridized carbons (Fsp3) is 0.550. The average molecular weight is 388 g/mol. The topological polar surface area (TPSA) is 82.2 Å². The van der Waals surface area contributed by atoms with Gasteiger partial charge in [-0.05, 0) is 36.6 Å². The Hall–Kier alpha value is -2.77. The molecule has 0 spiro atoms. The molecule has 2 aliphatic rings. The predicted molar refractivity (Wildman–Crippen MR) is 105 cm³/mol. The van der Waals surface area contributed by atoms with Gasteiger partial charge in [-0.3, -0.25) is 14.5 Å². The summed E-state index contributed by atoms with van der Waals surface area (Å²) in [7, 11) is 1.63. The Morgan fingerprint density at radius 2 is 1.79 bits per heavy atom. The summed E-state index contributed by atoms with van der Waals surface area (Å²) in [5, 5.41) is 2.68. The second-order valence-corrected chi connectivity index (χ2v) is 7.62. The van der Waals surface area contributed by atoms with Crippen LogP contribution < -0.4 is 15.0 Å². The zero-order valence-corrected chi connectivity index (χ0v) is 16.7. The Morgan fingerprint density at radius 1 is 1.14 bits per heavy atom. The zero-order chi connectivity index (χ0) is 20.3. The van der Waals surface area contributed by atoms with Crippen LogP contribution in [-0.2, 0) is 9.59 Å². The Labute approximate surface area is 165 Å². The number of carbonyl (C=O) groups is 3. The summed E-state index contributed by atoms with van der Waals surface area (Å²) in [6.45, 7) is 6.32. The number of anilines is 1. The normalized spacial score (nSPS) is 20.0. The Bertz CT molecular complexity index is 726. The van der Waals surface area contributed by atoms with Crippen LogP contribution in [0.25, 0.3) is 0 Å². The number of methoxy groups -OCH3 is 1. The summed E-state index contributed by atoms with van der Waals surface area (Å²) in [4.78, 5) is 42.1. The van der Waals surface area contributed by atoms with E-state index in [1.54, 1.807) is 12.0 Å². The van der Waals surface area contributed by atoms with Crippen molar-refractivity contribution in [3.05, 3.63) is 24.3 Å². The Balaban J connectivity index is 1.52. The Kier molecular flexibility index (Phi) is 6.06. The minimum absolute atomic E-state index is 0.192. The fourth-order valence-corrected chi connectivity index (χ4v) is 3.60. The third-order valence-corrected chi connectivity index (χ3v) is 5.18. The van der Waals surface area contributed by atoms with E-state index in [2.05, 4.69) is 10.2 Å². The van der Waals surface area contributed by atoms with Crippen molar-refractivity contribution in [3.63, 3.8) is 0 Å². The predicted octanol–water partition coefficient (Wildman–Crippen LogP) is 1.31. The lowest BCUT2D eigenvalue weighted by molar-refractivity contribution is -0.137. The van der Waals surface area contributed by atoms with Gasteiger partial charge in [-0.15, -0.1) is 0 Å². The van der Waals surface area contributed by atoms with E-state index in [9.17, 15) is 14.4 Å². The van der Waals surface area contributed by atoms with E-state index in [0.717, 1.165) is 16.3 Å². The molecule has 0 saturated carbocycles. The van der Waals surface area contributed by atoms with Crippen LogP contribution in [0.15, 0.2) is 24.3 Å². The lowest BCUT2D eigenvalue weighted by Crippen LogP contribution is -2.52. The summed E-state index contributed by atoms with van der Waals surface area (Å²) >= 11 is 0. The first-order valence-corrected chi connectivity index (χ1v) is 9.67. The molecular weight excluding hydrogens is 360 g/mol. The van der Waals surface area contributed by atoms with E-state index in [1.807, 2.05) is 38.1 Å². The third-order valence-electron chi connectivity index (χ3n) is 5.18. The van der Waals surface area contributed by atoms with Gasteiger partial charge in [0, 0.05) is 31.9 Å². The van der Waals surface area contributed by atoms with Gasteiger partial charge in [-0.2, -0.15) is 0 Å². The molecule has 2 aliphatic heterocycles. The van der Waals surface area contributed by atoms with Gasteiger partial charge < -0.3 is 19.9 Å². The quantitative estimate of drug-likeness (QED) is 0.743. The smallest absolute Gasteiger partial charge is 0.325 e. The van der Waals surface area contributed by atoms with Gasteiger partial charge in [0.25, 0.3) is 5.91 Å². The Morgan fingerprint density at radius 3 is 2.36 bits per heavy atom. The molecule has 8 heteroatoms. The second-order valence-electron chi connectivity index (χ2n) is 7.62. The molecule has 1 atom stereocenters. The van der Waals surface area contributed by atoms with Gasteiger partial charge in [-0.25, -0.2) is 4.79 Å². The molecule has 2 fully saturated rings. The van der Waals surface area contributed by atoms with E-state index >= 15 is 0 Å². The van der Waals surface area contributed by atoms with E-state index < -0.39 is 12.1 Å². The van der Waals surface area contributed by atoms with Gasteiger partial charge >= 0.3 is 6.03 Å². The van der Waals surface area contributed by atoms with Crippen molar-refractivity contribution < 1.29 is 19.1 Å². The molecule has 152 valence electrons. The summed E-state index contributed by atoms with van der Waals surface area (Å²) in [6, 6.07) is 6.83. The van der Waals surface area contributed by atoms with Crippen molar-refractivity contribution in [2.24, 2.45) is 5.92 Å². The average Bonchev–Trinajstić information content (AvgIpc) is 2.95. The van der Waals surface area contributed by atoms with Crippen LogP contribution in [-0.4, -0.2) is 73.5 Å². The van der Waals surface area contributed by atoms with Crippen LogP contribution in [0.1, 0.15) is 20.3 Å². The maximum Gasteiger partial charge on any atom is 0.325 e. The molecule has 28 heavy (non-hydrogen) atoms. The lowest BCUT2D eigenvalue weighted by Gasteiger charge is -2.36. The molecule has 4 amide bonds. The molecule has 2 heterocycles. The van der Waals surface area contributed by atoms with Gasteiger partial charge in [0.2, 0.25) is 5.91 Å². The maximum atomic E-state index is 12.6. The van der Waals surface area contributed by atoms with E-state index in [4.69, 9.17) is 4.74 Å². The number of nitrogens with zero attached hydrogens (tertiary/aromatic N) is 3. The molecule has 0 aliphatic carbocycles. The number of imide groups is 1. The highest BCUT2D eigenvalue weighted by atomic mass is 16.5. The number of urea groups is 1. The molecule has 0 aromatic heterocycles. The number of carbonyl (C=O) groups excluding carboxylic acids is 3. The highest BCUT2D eigenvalue weighted by molar-refractivity contribution is 6.06. The van der Waals surface area contributed by atoms with Crippen LogP contribution in [0.3, 0.4) is 0 Å². The number of hydrogen-bond donors (Lipinski definition) is 1. The molecule has 8 nitrogen and oxygen atoms in total. The van der Waals surface area contributed by atoms with Crippen molar-refractivity contribution in [1.29, 1.82) is 0 Å². The number of amides is 4. The highest BCUT2D eigenvalue weighted by Gasteiger charge is 2.39. The molecule has 1 aromatic carbocycles. The third kappa shape index (κ3) is 4.37. The number of nitrogens with one attached hydrogen (secondary N) is 1. The fourth-order valence-electron chi connectivity index (χ4n) is 3.60. The highest BCUT2D eigenvalue weighted by Crippen LogP contribution is 2.21. The first-order chi connectivity index (χ1) is 13.4. The van der Waals surface area contributed by atoms with Gasteiger partial charge in [0.1, 0.15) is 18.3 Å². The number of ether oxygens (including phenoxy) is 1. The van der Waals surface area contributed by atoms with E-state index in [0.29, 0.717) is 32.6 Å². The summed E-state index contributed by atoms with van der Waals surface area (Å²) in [6.07, 6.45) is 0.579. The van der Waals surface area contributed by atoms with Crippen LogP contribution in [0.2, 0.25) is 0 Å². The molecule has 2 saturated heterocycles. The van der Waals surface area contributed by atoms with Crippen LogP contribution in [0, 0.1) is 5.92 Å². The first-order valence-electron chi connectivity index (χ1n) is 9.67. The zero-order valence-electron chi connectivity index (χ0n) is 16.7. The number of hydrogen-bond acceptors (Lipinski definition) is 5. The van der Waals surface area contributed by atoms with Crippen molar-refractivity contribution in [1.82, 2.24) is 15.1 Å². The summed E-state index contributed by atoms with van der Waals surface area (Å²) < 4.78 is 5.18. The van der Waals surface area contributed by atoms with Crippen molar-refractivity contribution in [2.45, 2.75) is 26.3 Å². The van der Waals surface area contributed by atoms with Crippen molar-refractivity contribution in [2.75, 3.05) is 44.7 Å². The van der Waals surface area contributed by atoms with Crippen LogP contribution >= 0.6 is 0 Å². The molecule has 1 N–H and O–H groups in total. The van der Waals surface area contributed by atoms with Crippen LogP contribution in [0.4, 0.5) is 10.5 Å². The summed E-state index contributed by atoms with van der Waals surface area (Å²) in [5.74, 6) is 0.602. The largest absolute Gasteiger partial charge is 0.497 e. The summed E-state index contributed by atoms with van der Waals surface area (Å²) in [5.41, 5.74) is 1.08. The number of rotatable bonds is 6. The molecule has 0 radical (unpaired) electrons. The van der Waals surface area contributed by atoms with E-state index in [1.165, 1.54) is 0 Å². The molecule has 0 bridgehead atoms. The molecular formula is C20H28N4O4. The van der Waals surface area contributed by atoms with Crippen LogP contribution in [0.5, 0.6) is 5.75 Å². The van der Waals surface area contributed by atoms with Crippen molar-refractivity contribution in [3.8, 4) is 5.75 Å². The SMILES string of the molecule is COc1ccc(N2CCN(C(=O)CN3C(=O)NC(CC(C)C)C3=O)CC2)cc1. The molecule has 1 aromatic rings. The van der Waals surface area contributed by atoms with E-state index in [-0.39, 0.29) is 24.3 Å². The van der Waals surface area contributed by atoms with Gasteiger partial charge in [-0.1, -0.05) is 13.8 Å². The minimum Gasteiger partial charge on any atom is -0.497 e. The van der Waals surface area contributed by atoms with Gasteiger partial charge in [0.15, 0.2) is 0 Å². The molecule has 3 rings (SSSR count). The maximum absolute atomic E-state index is 12.6.